The molecule has 2 aromatic carbocycles. The van der Waals surface area contributed by atoms with Crippen LogP contribution in [0.5, 0.6) is 11.5 Å². The molecule has 0 heterocycles. The molecule has 0 aliphatic carbocycles. The maximum Gasteiger partial charge on any atom is 0.251 e. The fourth-order valence-corrected chi connectivity index (χ4v) is 2.60. The van der Waals surface area contributed by atoms with Gasteiger partial charge in [-0.25, -0.2) is 0 Å². The van der Waals surface area contributed by atoms with Crippen molar-refractivity contribution in [3.05, 3.63) is 59.2 Å². The quantitative estimate of drug-likeness (QED) is 0.714. The molecule has 2 aromatic rings. The van der Waals surface area contributed by atoms with E-state index >= 15 is 0 Å². The monoisotopic (exact) mass is 382 g/mol. The number of benzene rings is 2. The number of methoxy groups -OCH3 is 2. The molecule has 0 saturated carbocycles. The van der Waals surface area contributed by atoms with Crippen LogP contribution < -0.4 is 20.1 Å². The minimum atomic E-state index is -0.285. The van der Waals surface area contributed by atoms with Crippen LogP contribution >= 0.6 is 0 Å². The number of anilines is 1. The molecule has 6 nitrogen and oxygen atoms in total. The van der Waals surface area contributed by atoms with Crippen molar-refractivity contribution in [1.29, 1.82) is 0 Å². The minimum Gasteiger partial charge on any atom is -0.497 e. The molecule has 0 spiro atoms. The Morgan fingerprint density at radius 2 is 1.79 bits per heavy atom. The van der Waals surface area contributed by atoms with Gasteiger partial charge >= 0.3 is 0 Å². The van der Waals surface area contributed by atoms with Gasteiger partial charge in [-0.05, 0) is 68.8 Å². The highest BCUT2D eigenvalue weighted by Crippen LogP contribution is 2.25. The maximum absolute atomic E-state index is 12.3. The zero-order valence-electron chi connectivity index (χ0n) is 16.8. The number of nitrogens with one attached hydrogen (secondary N) is 2. The van der Waals surface area contributed by atoms with E-state index in [9.17, 15) is 9.59 Å². The number of hydrogen-bond donors (Lipinski definition) is 2. The van der Waals surface area contributed by atoms with Crippen LogP contribution in [-0.4, -0.2) is 32.1 Å². The van der Waals surface area contributed by atoms with Crippen LogP contribution in [0.4, 0.5) is 5.69 Å². The van der Waals surface area contributed by atoms with Crippen molar-refractivity contribution in [2.45, 2.75) is 26.8 Å². The number of carbonyl (C=O) groups excluding carboxylic acids is 2. The molecule has 2 N–H and O–H groups in total. The Labute approximate surface area is 165 Å². The van der Waals surface area contributed by atoms with Crippen molar-refractivity contribution < 1.29 is 19.1 Å². The van der Waals surface area contributed by atoms with Crippen LogP contribution in [0, 0.1) is 6.92 Å². The van der Waals surface area contributed by atoms with E-state index in [1.807, 2.05) is 20.8 Å². The van der Waals surface area contributed by atoms with Crippen LogP contribution in [0.3, 0.4) is 0 Å². The van der Waals surface area contributed by atoms with Crippen LogP contribution in [0.15, 0.2) is 42.5 Å². The number of aryl methyl sites for hydroxylation is 1. The molecule has 0 bridgehead atoms. The average Bonchev–Trinajstić information content (AvgIpc) is 2.67. The molecule has 148 valence electrons. The molecule has 0 atom stereocenters. The zero-order chi connectivity index (χ0) is 20.7. The molecule has 28 heavy (non-hydrogen) atoms. The van der Waals surface area contributed by atoms with E-state index in [1.54, 1.807) is 56.7 Å². The Morgan fingerprint density at radius 1 is 1.04 bits per heavy atom. The van der Waals surface area contributed by atoms with E-state index < -0.39 is 0 Å². The summed E-state index contributed by atoms with van der Waals surface area (Å²) in [6.07, 6.45) is 3.09. The summed E-state index contributed by atoms with van der Waals surface area (Å²) in [6, 6.07) is 10.6. The van der Waals surface area contributed by atoms with Gasteiger partial charge in [-0.1, -0.05) is 0 Å². The summed E-state index contributed by atoms with van der Waals surface area (Å²) >= 11 is 0. The van der Waals surface area contributed by atoms with Crippen LogP contribution in [0.2, 0.25) is 0 Å². The normalized spacial score (nSPS) is 10.8. The molecule has 0 radical (unpaired) electrons. The molecule has 2 amide bonds. The van der Waals surface area contributed by atoms with Crippen molar-refractivity contribution in [1.82, 2.24) is 5.32 Å². The lowest BCUT2D eigenvalue weighted by molar-refractivity contribution is -0.111. The topological polar surface area (TPSA) is 76.7 Å². The summed E-state index contributed by atoms with van der Waals surface area (Å²) in [4.78, 5) is 24.4. The fourth-order valence-electron chi connectivity index (χ4n) is 2.60. The molecule has 0 unspecified atom stereocenters. The van der Waals surface area contributed by atoms with E-state index in [1.165, 1.54) is 6.08 Å². The predicted molar refractivity (Wildman–Crippen MR) is 111 cm³/mol. The summed E-state index contributed by atoms with van der Waals surface area (Å²) < 4.78 is 10.5. The van der Waals surface area contributed by atoms with Crippen molar-refractivity contribution in [2.75, 3.05) is 19.5 Å². The number of hydrogen-bond acceptors (Lipinski definition) is 4. The summed E-state index contributed by atoms with van der Waals surface area (Å²) in [5.41, 5.74) is 2.74. The molecular weight excluding hydrogens is 356 g/mol. The highest BCUT2D eigenvalue weighted by molar-refractivity contribution is 6.03. The van der Waals surface area contributed by atoms with Gasteiger partial charge in [-0.3, -0.25) is 9.59 Å². The van der Waals surface area contributed by atoms with Gasteiger partial charge in [0.1, 0.15) is 11.5 Å². The predicted octanol–water partition coefficient (Wildman–Crippen LogP) is 3.80. The molecular formula is C22H26N2O4. The molecule has 2 rings (SSSR count). The SMILES string of the molecule is COc1ccc(OC)c(C=CC(=O)Nc2ccc(C(=O)NC(C)C)cc2C)c1. The summed E-state index contributed by atoms with van der Waals surface area (Å²) in [5, 5.41) is 5.67. The molecule has 0 aliphatic heterocycles. The standard InChI is InChI=1S/C22H26N2O4/c1-14(2)23-22(26)17-6-9-19(15(3)12-17)24-21(25)11-7-16-13-18(27-4)8-10-20(16)28-5/h6-14H,1-5H3,(H,23,26)(H,24,25). The van der Waals surface area contributed by atoms with Gasteiger partial charge in [-0.2, -0.15) is 0 Å². The smallest absolute Gasteiger partial charge is 0.251 e. The molecule has 0 fully saturated rings. The first kappa shape index (κ1) is 21.0. The maximum atomic E-state index is 12.3. The largest absolute Gasteiger partial charge is 0.497 e. The van der Waals surface area contributed by atoms with Crippen LogP contribution in [0.1, 0.15) is 35.3 Å². The van der Waals surface area contributed by atoms with Gasteiger partial charge in [0.15, 0.2) is 0 Å². The van der Waals surface area contributed by atoms with Gasteiger partial charge in [-0.15, -0.1) is 0 Å². The van der Waals surface area contributed by atoms with Gasteiger partial charge < -0.3 is 20.1 Å². The third-order valence-corrected chi connectivity index (χ3v) is 4.02. The zero-order valence-corrected chi connectivity index (χ0v) is 16.8. The second kappa shape index (κ2) is 9.60. The van der Waals surface area contributed by atoms with Crippen LogP contribution in [-0.2, 0) is 4.79 Å². The van der Waals surface area contributed by atoms with Crippen molar-refractivity contribution >= 4 is 23.6 Å². The first-order chi connectivity index (χ1) is 13.3. The highest BCUT2D eigenvalue weighted by Gasteiger charge is 2.10. The summed E-state index contributed by atoms with van der Waals surface area (Å²) in [5.74, 6) is 0.891. The van der Waals surface area contributed by atoms with Gasteiger partial charge in [0.2, 0.25) is 5.91 Å². The summed E-state index contributed by atoms with van der Waals surface area (Å²) in [6.45, 7) is 5.66. The Balaban J connectivity index is 2.11. The van der Waals surface area contributed by atoms with Crippen molar-refractivity contribution in [3.63, 3.8) is 0 Å². The second-order valence-electron chi connectivity index (χ2n) is 6.59. The number of rotatable bonds is 7. The fraction of sp³-hybridized carbons (Fsp3) is 0.273. The first-order valence-electron chi connectivity index (χ1n) is 8.96. The third-order valence-electron chi connectivity index (χ3n) is 4.02. The molecule has 0 aromatic heterocycles. The molecule has 6 heteroatoms. The summed E-state index contributed by atoms with van der Waals surface area (Å²) in [7, 11) is 3.15. The lowest BCUT2D eigenvalue weighted by Crippen LogP contribution is -2.30. The van der Waals surface area contributed by atoms with Gasteiger partial charge in [0, 0.05) is 28.9 Å². The Bertz CT molecular complexity index is 888. The lowest BCUT2D eigenvalue weighted by atomic mass is 10.1. The van der Waals surface area contributed by atoms with E-state index in [4.69, 9.17) is 9.47 Å². The highest BCUT2D eigenvalue weighted by atomic mass is 16.5. The van der Waals surface area contributed by atoms with Gasteiger partial charge in [0.05, 0.1) is 14.2 Å². The molecule has 0 saturated heterocycles. The van der Waals surface area contributed by atoms with Crippen LogP contribution in [0.25, 0.3) is 6.08 Å². The third kappa shape index (κ3) is 5.61. The minimum absolute atomic E-state index is 0.0610. The molecule has 0 aliphatic rings. The van der Waals surface area contributed by atoms with Crippen molar-refractivity contribution in [3.8, 4) is 11.5 Å². The average molecular weight is 382 g/mol. The number of ether oxygens (including phenoxy) is 2. The Morgan fingerprint density at radius 3 is 2.39 bits per heavy atom. The van der Waals surface area contributed by atoms with Gasteiger partial charge in [0.25, 0.3) is 5.91 Å². The van der Waals surface area contributed by atoms with E-state index in [-0.39, 0.29) is 17.9 Å². The number of amides is 2. The lowest BCUT2D eigenvalue weighted by Gasteiger charge is -2.11. The second-order valence-corrected chi connectivity index (χ2v) is 6.59. The Kier molecular flexibility index (Phi) is 7.21. The first-order valence-corrected chi connectivity index (χ1v) is 8.96. The van der Waals surface area contributed by atoms with E-state index in [2.05, 4.69) is 10.6 Å². The Hall–Kier alpha value is -3.28. The van der Waals surface area contributed by atoms with Crippen molar-refractivity contribution in [2.24, 2.45) is 0 Å². The number of carbonyl (C=O) groups is 2. The van der Waals surface area contributed by atoms with E-state index in [0.29, 0.717) is 22.7 Å². The van der Waals surface area contributed by atoms with E-state index in [0.717, 1.165) is 11.1 Å².